The van der Waals surface area contributed by atoms with E-state index in [9.17, 15) is 4.79 Å². The third kappa shape index (κ3) is 3.03. The maximum Gasteiger partial charge on any atom is 0.246 e. The number of carbonyl (C=O) groups is 1. The van der Waals surface area contributed by atoms with Crippen molar-refractivity contribution in [1.82, 2.24) is 10.4 Å². The van der Waals surface area contributed by atoms with Gasteiger partial charge < -0.3 is 4.98 Å². The number of fused-ring (bicyclic) bond motifs is 1. The molecule has 0 aliphatic heterocycles. The summed E-state index contributed by atoms with van der Waals surface area (Å²) in [5.74, 6) is 1.44. The van der Waals surface area contributed by atoms with Gasteiger partial charge in [0.05, 0.1) is 11.6 Å². The Bertz CT molecular complexity index is 1160. The van der Waals surface area contributed by atoms with E-state index in [0.29, 0.717) is 11.8 Å². The van der Waals surface area contributed by atoms with E-state index >= 15 is 0 Å². The molecule has 1 aromatic heterocycles. The van der Waals surface area contributed by atoms with Gasteiger partial charge in [-0.3, -0.25) is 4.79 Å². The third-order valence-corrected chi connectivity index (χ3v) is 8.20. The summed E-state index contributed by atoms with van der Waals surface area (Å²) in [7, 11) is 0. The topological polar surface area (TPSA) is 57.2 Å². The second-order valence-corrected chi connectivity index (χ2v) is 10.4. The van der Waals surface area contributed by atoms with Crippen LogP contribution < -0.4 is 5.43 Å². The Labute approximate surface area is 183 Å². The number of rotatable bonds is 4. The number of benzene rings is 2. The number of hydrogen-bond acceptors (Lipinski definition) is 2. The molecule has 0 saturated heterocycles. The number of carbonyl (C=O) groups excluding carboxylic acids is 1. The first-order chi connectivity index (χ1) is 15.1. The Morgan fingerprint density at radius 1 is 1.06 bits per heavy atom. The standard InChI is InChI=1S/C27H29N3O/c1-18-6-8-22(9-7-18)26-11-19-10-20(12-26)14-27(13-19,17-26)25(31)30-29-16-21-15-28-24-5-3-2-4-23(21)24/h2-9,15-16,19-20,28H,10-14,17H2,1H3,(H,30,31)/b29-16-/t19-,20-,26?,27?/m0/s1. The quantitative estimate of drug-likeness (QED) is 0.434. The van der Waals surface area contributed by atoms with E-state index in [-0.39, 0.29) is 16.7 Å². The number of aryl methyl sites for hydroxylation is 1. The monoisotopic (exact) mass is 411 g/mol. The fourth-order valence-corrected chi connectivity index (χ4v) is 7.25. The molecule has 3 aromatic rings. The van der Waals surface area contributed by atoms with Crippen molar-refractivity contribution in [2.24, 2.45) is 22.4 Å². The molecule has 2 N–H and O–H groups in total. The lowest BCUT2D eigenvalue weighted by Gasteiger charge is -2.61. The van der Waals surface area contributed by atoms with Gasteiger partial charge in [0.2, 0.25) is 5.91 Å². The van der Waals surface area contributed by atoms with Crippen LogP contribution >= 0.6 is 0 Å². The van der Waals surface area contributed by atoms with E-state index in [1.807, 2.05) is 24.4 Å². The van der Waals surface area contributed by atoms with Gasteiger partial charge in [0.1, 0.15) is 0 Å². The molecular formula is C27H29N3O. The first-order valence-corrected chi connectivity index (χ1v) is 11.5. The molecule has 4 saturated carbocycles. The van der Waals surface area contributed by atoms with Gasteiger partial charge in [-0.25, -0.2) is 5.43 Å². The highest BCUT2D eigenvalue weighted by Crippen LogP contribution is 2.65. The Hall–Kier alpha value is -2.88. The van der Waals surface area contributed by atoms with Crippen molar-refractivity contribution in [1.29, 1.82) is 0 Å². The van der Waals surface area contributed by atoms with Gasteiger partial charge in [0, 0.05) is 22.7 Å². The number of aromatic amines is 1. The molecule has 4 fully saturated rings. The van der Waals surface area contributed by atoms with Gasteiger partial charge in [-0.1, -0.05) is 48.0 Å². The lowest BCUT2D eigenvalue weighted by molar-refractivity contribution is -0.149. The Balaban J connectivity index is 1.25. The average Bonchev–Trinajstić information content (AvgIpc) is 3.16. The number of nitrogens with zero attached hydrogens (tertiary/aromatic N) is 1. The van der Waals surface area contributed by atoms with E-state index < -0.39 is 0 Å². The highest BCUT2D eigenvalue weighted by atomic mass is 16.2. The minimum Gasteiger partial charge on any atom is -0.361 e. The van der Waals surface area contributed by atoms with Crippen molar-refractivity contribution in [2.75, 3.05) is 0 Å². The molecule has 2 aromatic carbocycles. The number of aromatic nitrogens is 1. The summed E-state index contributed by atoms with van der Waals surface area (Å²) >= 11 is 0. The molecule has 1 heterocycles. The summed E-state index contributed by atoms with van der Waals surface area (Å²) in [6.45, 7) is 2.14. The zero-order chi connectivity index (χ0) is 21.1. The highest BCUT2D eigenvalue weighted by Gasteiger charge is 2.60. The van der Waals surface area contributed by atoms with E-state index in [2.05, 4.69) is 52.8 Å². The zero-order valence-corrected chi connectivity index (χ0v) is 18.0. The molecule has 0 unspecified atom stereocenters. The molecular weight excluding hydrogens is 382 g/mol. The van der Waals surface area contributed by atoms with Crippen LogP contribution in [0.4, 0.5) is 0 Å². The van der Waals surface area contributed by atoms with E-state index in [1.54, 1.807) is 6.21 Å². The van der Waals surface area contributed by atoms with Gasteiger partial charge in [0.25, 0.3) is 0 Å². The molecule has 1 amide bonds. The molecule has 31 heavy (non-hydrogen) atoms. The van der Waals surface area contributed by atoms with Crippen molar-refractivity contribution in [2.45, 2.75) is 50.9 Å². The molecule has 4 bridgehead atoms. The predicted octanol–water partition coefficient (Wildman–Crippen LogP) is 5.46. The summed E-state index contributed by atoms with van der Waals surface area (Å²) in [6.07, 6.45) is 10.5. The highest BCUT2D eigenvalue weighted by molar-refractivity contribution is 5.99. The molecule has 0 radical (unpaired) electrons. The summed E-state index contributed by atoms with van der Waals surface area (Å²) in [4.78, 5) is 16.7. The smallest absolute Gasteiger partial charge is 0.246 e. The fraction of sp³-hybridized carbons (Fsp3) is 0.407. The third-order valence-electron chi connectivity index (χ3n) is 8.20. The van der Waals surface area contributed by atoms with Crippen LogP contribution in [0.2, 0.25) is 0 Å². The minimum absolute atomic E-state index is 0.120. The van der Waals surface area contributed by atoms with Crippen LogP contribution in [0.3, 0.4) is 0 Å². The van der Waals surface area contributed by atoms with Crippen LogP contribution in [0.5, 0.6) is 0 Å². The first kappa shape index (κ1) is 18.9. The number of nitrogens with one attached hydrogen (secondary N) is 2. The summed E-state index contributed by atoms with van der Waals surface area (Å²) in [5.41, 5.74) is 7.64. The predicted molar refractivity (Wildman–Crippen MR) is 124 cm³/mol. The molecule has 4 heteroatoms. The molecule has 4 aliphatic carbocycles. The molecule has 0 spiro atoms. The summed E-state index contributed by atoms with van der Waals surface area (Å²) < 4.78 is 0. The Morgan fingerprint density at radius 2 is 1.81 bits per heavy atom. The Morgan fingerprint density at radius 3 is 2.58 bits per heavy atom. The van der Waals surface area contributed by atoms with Gasteiger partial charge in [0.15, 0.2) is 0 Å². The number of hydrazone groups is 1. The lowest BCUT2D eigenvalue weighted by atomic mass is 9.42. The summed E-state index contributed by atoms with van der Waals surface area (Å²) in [6, 6.07) is 17.2. The minimum atomic E-state index is -0.271. The zero-order valence-electron chi connectivity index (χ0n) is 18.0. The lowest BCUT2D eigenvalue weighted by Crippen LogP contribution is -2.58. The maximum absolute atomic E-state index is 13.5. The van der Waals surface area contributed by atoms with Crippen LogP contribution in [0, 0.1) is 24.2 Å². The van der Waals surface area contributed by atoms with Gasteiger partial charge in [-0.15, -0.1) is 0 Å². The molecule has 4 nitrogen and oxygen atoms in total. The van der Waals surface area contributed by atoms with Crippen molar-refractivity contribution in [3.63, 3.8) is 0 Å². The molecule has 7 rings (SSSR count). The van der Waals surface area contributed by atoms with Crippen LogP contribution in [0.15, 0.2) is 59.8 Å². The maximum atomic E-state index is 13.5. The number of H-pyrrole nitrogens is 1. The number of hydrogen-bond donors (Lipinski definition) is 2. The first-order valence-electron chi connectivity index (χ1n) is 11.5. The van der Waals surface area contributed by atoms with Crippen molar-refractivity contribution < 1.29 is 4.79 Å². The number of amides is 1. The normalized spacial score (nSPS) is 31.5. The van der Waals surface area contributed by atoms with Gasteiger partial charge in [-0.2, -0.15) is 5.10 Å². The van der Waals surface area contributed by atoms with E-state index in [4.69, 9.17) is 0 Å². The SMILES string of the molecule is Cc1ccc(C23C[C@@H]4C[C@H](CC(C(=O)N/N=C\c5c[nH]c6ccccc56)(C4)C2)C3)cc1. The number of para-hydroxylation sites is 1. The van der Waals surface area contributed by atoms with Crippen LogP contribution in [0.1, 0.15) is 55.2 Å². The molecule has 4 aliphatic rings. The van der Waals surface area contributed by atoms with E-state index in [1.165, 1.54) is 30.4 Å². The van der Waals surface area contributed by atoms with Crippen molar-refractivity contribution in [3.05, 3.63) is 71.4 Å². The van der Waals surface area contributed by atoms with Crippen molar-refractivity contribution >= 4 is 23.0 Å². The average molecular weight is 412 g/mol. The summed E-state index contributed by atoms with van der Waals surface area (Å²) in [5, 5.41) is 5.50. The van der Waals surface area contributed by atoms with Crippen LogP contribution in [-0.2, 0) is 10.2 Å². The van der Waals surface area contributed by atoms with Crippen LogP contribution in [-0.4, -0.2) is 17.1 Å². The molecule has 2 atom stereocenters. The van der Waals surface area contributed by atoms with Gasteiger partial charge >= 0.3 is 0 Å². The fourth-order valence-electron chi connectivity index (χ4n) is 7.25. The molecule has 158 valence electrons. The van der Waals surface area contributed by atoms with E-state index in [0.717, 1.165) is 35.7 Å². The van der Waals surface area contributed by atoms with Crippen molar-refractivity contribution in [3.8, 4) is 0 Å². The largest absolute Gasteiger partial charge is 0.361 e. The second-order valence-electron chi connectivity index (χ2n) is 10.4. The van der Waals surface area contributed by atoms with Gasteiger partial charge in [-0.05, 0) is 74.3 Å². The second kappa shape index (κ2) is 6.81. The Kier molecular flexibility index (Phi) is 4.14. The van der Waals surface area contributed by atoms with Crippen LogP contribution in [0.25, 0.3) is 10.9 Å².